The lowest BCUT2D eigenvalue weighted by Gasteiger charge is -2.25. The Morgan fingerprint density at radius 1 is 1.00 bits per heavy atom. The third kappa shape index (κ3) is 6.08. The summed E-state index contributed by atoms with van der Waals surface area (Å²) in [6.07, 6.45) is 0.278. The SMILES string of the molecule is NC(=O)CCN(Cc1ccccc1)C(=S)NCc1ccccc1. The fraction of sp³-hybridized carbons (Fsp3) is 0.222. The number of hydrogen-bond acceptors (Lipinski definition) is 2. The first-order valence-corrected chi connectivity index (χ1v) is 7.95. The molecular weight excluding hydrogens is 306 g/mol. The summed E-state index contributed by atoms with van der Waals surface area (Å²) in [6, 6.07) is 20.1. The number of nitrogens with two attached hydrogens (primary N) is 1. The predicted molar refractivity (Wildman–Crippen MR) is 96.5 cm³/mol. The van der Waals surface area contributed by atoms with Crippen LogP contribution in [0.25, 0.3) is 0 Å². The standard InChI is InChI=1S/C18H21N3OS/c19-17(22)11-12-21(14-16-9-5-2-6-10-16)18(23)20-13-15-7-3-1-4-8-15/h1-10H,11-14H2,(H2,19,22)(H,20,23). The quantitative estimate of drug-likeness (QED) is 0.767. The van der Waals surface area contributed by atoms with Crippen molar-refractivity contribution in [2.75, 3.05) is 6.54 Å². The summed E-state index contributed by atoms with van der Waals surface area (Å²) in [5.74, 6) is -0.325. The van der Waals surface area contributed by atoms with Crippen molar-refractivity contribution < 1.29 is 4.79 Å². The lowest BCUT2D eigenvalue weighted by atomic mass is 10.2. The minimum Gasteiger partial charge on any atom is -0.370 e. The van der Waals surface area contributed by atoms with Crippen LogP contribution >= 0.6 is 12.2 Å². The second kappa shape index (κ2) is 8.90. The van der Waals surface area contributed by atoms with E-state index in [0.29, 0.717) is 24.7 Å². The van der Waals surface area contributed by atoms with Crippen molar-refractivity contribution in [2.24, 2.45) is 5.73 Å². The van der Waals surface area contributed by atoms with Crippen molar-refractivity contribution >= 4 is 23.2 Å². The highest BCUT2D eigenvalue weighted by Crippen LogP contribution is 2.06. The minimum atomic E-state index is -0.325. The van der Waals surface area contributed by atoms with Gasteiger partial charge >= 0.3 is 0 Å². The Hall–Kier alpha value is -2.40. The van der Waals surface area contributed by atoms with Crippen LogP contribution in [-0.4, -0.2) is 22.5 Å². The number of rotatable bonds is 7. The first-order chi connectivity index (χ1) is 11.1. The van der Waals surface area contributed by atoms with Gasteiger partial charge in [0.05, 0.1) is 0 Å². The summed E-state index contributed by atoms with van der Waals surface area (Å²) in [7, 11) is 0. The molecule has 0 bridgehead atoms. The van der Waals surface area contributed by atoms with Crippen LogP contribution in [0, 0.1) is 0 Å². The minimum absolute atomic E-state index is 0.278. The van der Waals surface area contributed by atoms with Gasteiger partial charge in [-0.1, -0.05) is 60.7 Å². The van der Waals surface area contributed by atoms with E-state index >= 15 is 0 Å². The fourth-order valence-electron chi connectivity index (χ4n) is 2.19. The molecule has 5 heteroatoms. The van der Waals surface area contributed by atoms with E-state index in [1.54, 1.807) is 0 Å². The monoisotopic (exact) mass is 327 g/mol. The van der Waals surface area contributed by atoms with E-state index in [0.717, 1.165) is 11.1 Å². The third-order valence-electron chi connectivity index (χ3n) is 3.42. The highest BCUT2D eigenvalue weighted by molar-refractivity contribution is 7.80. The van der Waals surface area contributed by atoms with E-state index in [2.05, 4.69) is 5.32 Å². The molecule has 0 aliphatic rings. The molecule has 0 saturated heterocycles. The Bertz CT molecular complexity index is 631. The number of amides is 1. The van der Waals surface area contributed by atoms with Crippen LogP contribution in [0.15, 0.2) is 60.7 Å². The van der Waals surface area contributed by atoms with Crippen molar-refractivity contribution in [1.82, 2.24) is 10.2 Å². The van der Waals surface area contributed by atoms with Crippen molar-refractivity contribution in [3.8, 4) is 0 Å². The van der Waals surface area contributed by atoms with E-state index in [1.165, 1.54) is 0 Å². The number of thiocarbonyl (C=S) groups is 1. The maximum absolute atomic E-state index is 11.1. The predicted octanol–water partition coefficient (Wildman–Crippen LogP) is 2.44. The smallest absolute Gasteiger partial charge is 0.219 e. The molecule has 0 spiro atoms. The van der Waals surface area contributed by atoms with Crippen LogP contribution in [0.4, 0.5) is 0 Å². The first kappa shape index (κ1) is 17.0. The Morgan fingerprint density at radius 2 is 1.57 bits per heavy atom. The van der Waals surface area contributed by atoms with Crippen LogP contribution < -0.4 is 11.1 Å². The maximum atomic E-state index is 11.1. The van der Waals surface area contributed by atoms with Crippen LogP contribution in [0.2, 0.25) is 0 Å². The van der Waals surface area contributed by atoms with Gasteiger partial charge in [-0.3, -0.25) is 4.79 Å². The number of carbonyl (C=O) groups is 1. The van der Waals surface area contributed by atoms with Gasteiger partial charge in [-0.2, -0.15) is 0 Å². The Labute approximate surface area is 142 Å². The molecule has 2 rings (SSSR count). The zero-order valence-electron chi connectivity index (χ0n) is 12.9. The normalized spacial score (nSPS) is 10.1. The van der Waals surface area contributed by atoms with Crippen molar-refractivity contribution in [2.45, 2.75) is 19.5 Å². The number of nitrogens with zero attached hydrogens (tertiary/aromatic N) is 1. The molecule has 4 nitrogen and oxygen atoms in total. The molecule has 23 heavy (non-hydrogen) atoms. The molecule has 1 amide bonds. The van der Waals surface area contributed by atoms with E-state index in [9.17, 15) is 4.79 Å². The van der Waals surface area contributed by atoms with E-state index in [1.807, 2.05) is 65.6 Å². The molecule has 120 valence electrons. The molecule has 0 saturated carbocycles. The average molecular weight is 327 g/mol. The molecule has 0 aromatic heterocycles. The van der Waals surface area contributed by atoms with Crippen molar-refractivity contribution in [1.29, 1.82) is 0 Å². The molecule has 0 radical (unpaired) electrons. The van der Waals surface area contributed by atoms with E-state index in [4.69, 9.17) is 18.0 Å². The summed E-state index contributed by atoms with van der Waals surface area (Å²) >= 11 is 5.49. The summed E-state index contributed by atoms with van der Waals surface area (Å²) in [5, 5.41) is 3.87. The average Bonchev–Trinajstić information content (AvgIpc) is 2.58. The maximum Gasteiger partial charge on any atom is 0.219 e. The van der Waals surface area contributed by atoms with Crippen molar-refractivity contribution in [3.05, 3.63) is 71.8 Å². The lowest BCUT2D eigenvalue weighted by Crippen LogP contribution is -2.40. The number of benzene rings is 2. The van der Waals surface area contributed by atoms with E-state index < -0.39 is 0 Å². The van der Waals surface area contributed by atoms with Gasteiger partial charge in [-0.25, -0.2) is 0 Å². The number of hydrogen-bond donors (Lipinski definition) is 2. The van der Waals surface area contributed by atoms with Gasteiger partial charge in [-0.05, 0) is 23.3 Å². The molecular formula is C18H21N3OS. The van der Waals surface area contributed by atoms with Gasteiger partial charge in [0.25, 0.3) is 0 Å². The molecule has 3 N–H and O–H groups in total. The number of primary amides is 1. The van der Waals surface area contributed by atoms with Gasteiger partial charge in [0.1, 0.15) is 0 Å². The Kier molecular flexibility index (Phi) is 6.56. The fourth-order valence-corrected chi connectivity index (χ4v) is 2.41. The highest BCUT2D eigenvalue weighted by atomic mass is 32.1. The molecule has 2 aromatic rings. The summed E-state index contributed by atoms with van der Waals surface area (Å²) in [5.41, 5.74) is 7.57. The Morgan fingerprint density at radius 3 is 2.13 bits per heavy atom. The van der Waals surface area contributed by atoms with Gasteiger partial charge in [0.2, 0.25) is 5.91 Å². The van der Waals surface area contributed by atoms with Gasteiger partial charge < -0.3 is 16.0 Å². The molecule has 2 aromatic carbocycles. The second-order valence-corrected chi connectivity index (χ2v) is 5.65. The van der Waals surface area contributed by atoms with Gasteiger partial charge in [0.15, 0.2) is 5.11 Å². The van der Waals surface area contributed by atoms with Crippen molar-refractivity contribution in [3.63, 3.8) is 0 Å². The zero-order valence-corrected chi connectivity index (χ0v) is 13.8. The highest BCUT2D eigenvalue weighted by Gasteiger charge is 2.11. The largest absolute Gasteiger partial charge is 0.370 e. The first-order valence-electron chi connectivity index (χ1n) is 7.54. The summed E-state index contributed by atoms with van der Waals surface area (Å²) in [6.45, 7) is 1.81. The third-order valence-corrected chi connectivity index (χ3v) is 3.82. The molecule has 0 aliphatic carbocycles. The van der Waals surface area contributed by atoms with Crippen LogP contribution in [0.5, 0.6) is 0 Å². The lowest BCUT2D eigenvalue weighted by molar-refractivity contribution is -0.118. The van der Waals surface area contributed by atoms with Gasteiger partial charge in [0, 0.05) is 26.1 Å². The van der Waals surface area contributed by atoms with Crippen LogP contribution in [0.1, 0.15) is 17.5 Å². The molecule has 0 aliphatic heterocycles. The van der Waals surface area contributed by atoms with Crippen LogP contribution in [0.3, 0.4) is 0 Å². The number of nitrogens with one attached hydrogen (secondary N) is 1. The van der Waals surface area contributed by atoms with Gasteiger partial charge in [-0.15, -0.1) is 0 Å². The second-order valence-electron chi connectivity index (χ2n) is 5.27. The van der Waals surface area contributed by atoms with E-state index in [-0.39, 0.29) is 12.3 Å². The molecule has 0 unspecified atom stereocenters. The molecule has 0 fully saturated rings. The number of carbonyl (C=O) groups excluding carboxylic acids is 1. The molecule has 0 heterocycles. The topological polar surface area (TPSA) is 58.4 Å². The van der Waals surface area contributed by atoms with Crippen LogP contribution in [-0.2, 0) is 17.9 Å². The summed E-state index contributed by atoms with van der Waals surface area (Å²) < 4.78 is 0. The molecule has 0 atom stereocenters. The zero-order chi connectivity index (χ0) is 16.5. The Balaban J connectivity index is 1.97. The summed E-state index contributed by atoms with van der Waals surface area (Å²) in [4.78, 5) is 13.1.